The van der Waals surface area contributed by atoms with Crippen LogP contribution in [0.1, 0.15) is 22.3 Å². The van der Waals surface area contributed by atoms with Crippen LogP contribution in [-0.2, 0) is 16.6 Å². The number of carbonyl (C=O) groups excluding carboxylic acids is 1. The van der Waals surface area contributed by atoms with Crippen molar-refractivity contribution >= 4 is 27.3 Å². The van der Waals surface area contributed by atoms with Crippen molar-refractivity contribution in [3.63, 3.8) is 0 Å². The third-order valence-corrected chi connectivity index (χ3v) is 7.09. The molecule has 182 valence electrons. The van der Waals surface area contributed by atoms with Crippen LogP contribution in [-0.4, -0.2) is 48.4 Å². The molecular weight excluding hydrogens is 472 g/mol. The largest absolute Gasteiger partial charge is 0.502 e. The number of nitro groups is 1. The van der Waals surface area contributed by atoms with Gasteiger partial charge in [-0.3, -0.25) is 24.5 Å². The first-order chi connectivity index (χ1) is 16.7. The molecule has 4 rings (SSSR count). The second-order valence-corrected chi connectivity index (χ2v) is 9.95. The minimum Gasteiger partial charge on any atom is -0.502 e. The van der Waals surface area contributed by atoms with Crippen LogP contribution in [0.15, 0.2) is 77.7 Å². The molecule has 1 aliphatic rings. The van der Waals surface area contributed by atoms with E-state index in [4.69, 9.17) is 0 Å². The van der Waals surface area contributed by atoms with Gasteiger partial charge in [-0.2, -0.15) is 0 Å². The van der Waals surface area contributed by atoms with Crippen molar-refractivity contribution in [1.82, 2.24) is 10.2 Å². The average Bonchev–Trinajstić information content (AvgIpc) is 3.26. The summed E-state index contributed by atoms with van der Waals surface area (Å²) in [5, 5.41) is 23.5. The average molecular weight is 497 g/mol. The van der Waals surface area contributed by atoms with Crippen LogP contribution in [0.3, 0.4) is 0 Å². The second-order valence-electron chi connectivity index (χ2n) is 8.27. The van der Waals surface area contributed by atoms with Gasteiger partial charge in [-0.05, 0) is 48.4 Å². The van der Waals surface area contributed by atoms with Crippen molar-refractivity contribution in [3.05, 3.63) is 94.0 Å². The summed E-state index contributed by atoms with van der Waals surface area (Å²) in [4.78, 5) is 24.7. The molecule has 3 N–H and O–H groups in total. The standard InChI is InChI=1S/C24H24N4O6S/c29-23-11-10-21(14-22(23)28(31)32)35(33,34)26-19-8-6-18(7-9-19)24(30)25-20-12-13-27(16-20)15-17-4-2-1-3-5-17/h1-11,14,20,26,29H,12-13,15-16H2,(H,25,30). The van der Waals surface area contributed by atoms with Crippen LogP contribution in [0, 0.1) is 10.1 Å². The molecule has 0 aliphatic carbocycles. The van der Waals surface area contributed by atoms with Crippen molar-refractivity contribution in [2.24, 2.45) is 0 Å². The summed E-state index contributed by atoms with van der Waals surface area (Å²) in [5.41, 5.74) is 1.08. The summed E-state index contributed by atoms with van der Waals surface area (Å²) in [5.74, 6) is -0.880. The number of aromatic hydroxyl groups is 1. The Kier molecular flexibility index (Phi) is 6.99. The zero-order chi connectivity index (χ0) is 25.0. The van der Waals surface area contributed by atoms with E-state index in [1.165, 1.54) is 29.8 Å². The molecule has 0 aromatic heterocycles. The molecule has 3 aromatic rings. The lowest BCUT2D eigenvalue weighted by Crippen LogP contribution is -2.36. The number of nitrogens with zero attached hydrogens (tertiary/aromatic N) is 2. The van der Waals surface area contributed by atoms with E-state index in [0.717, 1.165) is 44.3 Å². The third kappa shape index (κ3) is 5.94. The van der Waals surface area contributed by atoms with E-state index >= 15 is 0 Å². The van der Waals surface area contributed by atoms with Gasteiger partial charge in [0.05, 0.1) is 9.82 Å². The Morgan fingerprint density at radius 2 is 1.80 bits per heavy atom. The second kappa shape index (κ2) is 10.1. The maximum Gasteiger partial charge on any atom is 0.312 e. The molecule has 1 saturated heterocycles. The van der Waals surface area contributed by atoms with Crippen LogP contribution in [0.5, 0.6) is 5.75 Å². The van der Waals surface area contributed by atoms with Crippen molar-refractivity contribution in [2.75, 3.05) is 17.8 Å². The van der Waals surface area contributed by atoms with E-state index < -0.39 is 26.4 Å². The lowest BCUT2D eigenvalue weighted by atomic mass is 10.1. The summed E-state index contributed by atoms with van der Waals surface area (Å²) in [7, 11) is -4.14. The van der Waals surface area contributed by atoms with Gasteiger partial charge in [0.15, 0.2) is 5.75 Å². The number of carbonyl (C=O) groups is 1. The molecule has 1 atom stereocenters. The third-order valence-electron chi connectivity index (χ3n) is 5.71. The molecular formula is C24H24N4O6S. The van der Waals surface area contributed by atoms with Crippen LogP contribution < -0.4 is 10.0 Å². The number of hydrogen-bond acceptors (Lipinski definition) is 7. The Morgan fingerprint density at radius 3 is 2.49 bits per heavy atom. The maximum atomic E-state index is 12.7. The first-order valence-corrected chi connectivity index (χ1v) is 12.4. The monoisotopic (exact) mass is 496 g/mol. The molecule has 1 fully saturated rings. The molecule has 11 heteroatoms. The molecule has 1 unspecified atom stereocenters. The SMILES string of the molecule is O=C(NC1CCN(Cc2ccccc2)C1)c1ccc(NS(=O)(=O)c2ccc(O)c([N+](=O)[O-])c2)cc1. The number of sulfonamides is 1. The van der Waals surface area contributed by atoms with Gasteiger partial charge < -0.3 is 10.4 Å². The van der Waals surface area contributed by atoms with E-state index in [1.807, 2.05) is 18.2 Å². The number of anilines is 1. The fourth-order valence-electron chi connectivity index (χ4n) is 3.92. The molecule has 0 spiro atoms. The van der Waals surface area contributed by atoms with Crippen LogP contribution in [0.2, 0.25) is 0 Å². The first-order valence-electron chi connectivity index (χ1n) is 10.9. The smallest absolute Gasteiger partial charge is 0.312 e. The van der Waals surface area contributed by atoms with Crippen LogP contribution in [0.4, 0.5) is 11.4 Å². The summed E-state index contributed by atoms with van der Waals surface area (Å²) in [6.45, 7) is 2.46. The van der Waals surface area contributed by atoms with Gasteiger partial charge >= 0.3 is 5.69 Å². The van der Waals surface area contributed by atoms with Gasteiger partial charge in [-0.15, -0.1) is 0 Å². The van der Waals surface area contributed by atoms with Crippen LogP contribution in [0.25, 0.3) is 0 Å². The number of rotatable bonds is 8. The van der Waals surface area contributed by atoms with Crippen molar-refractivity contribution < 1.29 is 23.2 Å². The Balaban J connectivity index is 1.35. The molecule has 1 amide bonds. The number of hydrogen-bond donors (Lipinski definition) is 3. The number of nitrogens with one attached hydrogen (secondary N) is 2. The highest BCUT2D eigenvalue weighted by atomic mass is 32.2. The molecule has 1 heterocycles. The molecule has 0 saturated carbocycles. The first kappa shape index (κ1) is 24.2. The van der Waals surface area contributed by atoms with Gasteiger partial charge in [0, 0.05) is 43.0 Å². The summed E-state index contributed by atoms with van der Waals surface area (Å²) < 4.78 is 27.5. The Bertz CT molecular complexity index is 1330. The van der Waals surface area contributed by atoms with E-state index in [-0.39, 0.29) is 22.5 Å². The van der Waals surface area contributed by atoms with Crippen molar-refractivity contribution in [3.8, 4) is 5.75 Å². The maximum absolute atomic E-state index is 12.7. The van der Waals surface area contributed by atoms with E-state index in [1.54, 1.807) is 0 Å². The van der Waals surface area contributed by atoms with Crippen LogP contribution >= 0.6 is 0 Å². The molecule has 3 aromatic carbocycles. The summed E-state index contributed by atoms with van der Waals surface area (Å²) >= 11 is 0. The molecule has 0 radical (unpaired) electrons. The van der Waals surface area contributed by atoms with Gasteiger partial charge in [-0.1, -0.05) is 30.3 Å². The van der Waals surface area contributed by atoms with Crippen molar-refractivity contribution in [1.29, 1.82) is 0 Å². The summed E-state index contributed by atoms with van der Waals surface area (Å²) in [6, 6.07) is 18.8. The normalized spacial score (nSPS) is 16.1. The lowest BCUT2D eigenvalue weighted by Gasteiger charge is -2.17. The lowest BCUT2D eigenvalue weighted by molar-refractivity contribution is -0.386. The highest BCUT2D eigenvalue weighted by Crippen LogP contribution is 2.29. The molecule has 35 heavy (non-hydrogen) atoms. The highest BCUT2D eigenvalue weighted by molar-refractivity contribution is 7.92. The van der Waals surface area contributed by atoms with E-state index in [9.17, 15) is 28.4 Å². The zero-order valence-electron chi connectivity index (χ0n) is 18.6. The van der Waals surface area contributed by atoms with Gasteiger partial charge in [0.25, 0.3) is 15.9 Å². The Hall–Kier alpha value is -3.96. The number of likely N-dealkylation sites (tertiary alicyclic amines) is 1. The fraction of sp³-hybridized carbons (Fsp3) is 0.208. The topological polar surface area (TPSA) is 142 Å². The van der Waals surface area contributed by atoms with Gasteiger partial charge in [-0.25, -0.2) is 8.42 Å². The number of phenols is 1. The molecule has 0 bridgehead atoms. The molecule has 10 nitrogen and oxygen atoms in total. The predicted octanol–water partition coefficient (Wildman–Crippen LogP) is 3.11. The number of phenolic OH excluding ortho intramolecular Hbond substituents is 1. The minimum absolute atomic E-state index is 0.0229. The fourth-order valence-corrected chi connectivity index (χ4v) is 5.00. The van der Waals surface area contributed by atoms with Gasteiger partial charge in [0.2, 0.25) is 0 Å². The quantitative estimate of drug-likeness (QED) is 0.321. The Morgan fingerprint density at radius 1 is 1.09 bits per heavy atom. The highest BCUT2D eigenvalue weighted by Gasteiger charge is 2.25. The number of nitro benzene ring substituents is 1. The van der Waals surface area contributed by atoms with E-state index in [0.29, 0.717) is 5.56 Å². The zero-order valence-corrected chi connectivity index (χ0v) is 19.4. The van der Waals surface area contributed by atoms with Gasteiger partial charge in [0.1, 0.15) is 0 Å². The summed E-state index contributed by atoms with van der Waals surface area (Å²) in [6.07, 6.45) is 0.842. The Labute approximate surface area is 202 Å². The van der Waals surface area contributed by atoms with Crippen molar-refractivity contribution in [2.45, 2.75) is 23.9 Å². The van der Waals surface area contributed by atoms with E-state index in [2.05, 4.69) is 27.1 Å². The number of benzene rings is 3. The molecule has 1 aliphatic heterocycles. The predicted molar refractivity (Wildman–Crippen MR) is 130 cm³/mol. The number of amides is 1. The minimum atomic E-state index is -4.14.